The van der Waals surface area contributed by atoms with Crippen LogP contribution in [-0.4, -0.2) is 5.25 Å². The van der Waals surface area contributed by atoms with Crippen molar-refractivity contribution >= 4 is 23.4 Å². The summed E-state index contributed by atoms with van der Waals surface area (Å²) in [5.41, 5.74) is 0. The van der Waals surface area contributed by atoms with E-state index in [9.17, 15) is 4.39 Å². The van der Waals surface area contributed by atoms with Gasteiger partial charge in [0.05, 0.1) is 5.02 Å². The second-order valence-electron chi connectivity index (χ2n) is 2.89. The molecule has 64 valence electrons. The summed E-state index contributed by atoms with van der Waals surface area (Å²) in [5, 5.41) is 0.965. The van der Waals surface area contributed by atoms with E-state index in [0.717, 1.165) is 10.1 Å². The van der Waals surface area contributed by atoms with Gasteiger partial charge < -0.3 is 0 Å². The molecule has 0 unspecified atom stereocenters. The number of hydrogen-bond donors (Lipinski definition) is 0. The van der Waals surface area contributed by atoms with Crippen molar-refractivity contribution in [2.45, 2.75) is 23.0 Å². The topological polar surface area (TPSA) is 0 Å². The van der Waals surface area contributed by atoms with Crippen molar-refractivity contribution in [3.8, 4) is 0 Å². The molecule has 1 saturated carbocycles. The van der Waals surface area contributed by atoms with E-state index in [-0.39, 0.29) is 10.8 Å². The first kappa shape index (κ1) is 8.39. The van der Waals surface area contributed by atoms with Gasteiger partial charge in [0.25, 0.3) is 0 Å². The summed E-state index contributed by atoms with van der Waals surface area (Å²) < 4.78 is 12.7. The van der Waals surface area contributed by atoms with E-state index in [0.29, 0.717) is 0 Å². The van der Waals surface area contributed by atoms with Gasteiger partial charge in [-0.2, -0.15) is 0 Å². The molecule has 0 saturated heterocycles. The number of benzene rings is 1. The quantitative estimate of drug-likeness (QED) is 0.704. The Morgan fingerprint density at radius 2 is 2.17 bits per heavy atom. The summed E-state index contributed by atoms with van der Waals surface area (Å²) in [7, 11) is 0. The number of halogens is 2. The summed E-state index contributed by atoms with van der Waals surface area (Å²) in [5.74, 6) is -0.336. The van der Waals surface area contributed by atoms with Gasteiger partial charge in [-0.05, 0) is 31.0 Å². The van der Waals surface area contributed by atoms with Gasteiger partial charge in [0.2, 0.25) is 0 Å². The Morgan fingerprint density at radius 1 is 1.42 bits per heavy atom. The predicted molar refractivity (Wildman–Crippen MR) is 50.3 cm³/mol. The molecular weight excluding hydrogens is 195 g/mol. The lowest BCUT2D eigenvalue weighted by Gasteiger charge is -1.99. The summed E-state index contributed by atoms with van der Waals surface area (Å²) in [6.07, 6.45) is 2.55. The maximum Gasteiger partial charge on any atom is 0.141 e. The van der Waals surface area contributed by atoms with E-state index in [1.165, 1.54) is 18.9 Å². The molecule has 0 aliphatic heterocycles. The highest BCUT2D eigenvalue weighted by Crippen LogP contribution is 2.39. The lowest BCUT2D eigenvalue weighted by molar-refractivity contribution is 0.627. The highest BCUT2D eigenvalue weighted by Gasteiger charge is 2.22. The zero-order valence-electron chi connectivity index (χ0n) is 6.39. The van der Waals surface area contributed by atoms with Crippen LogP contribution in [0.2, 0.25) is 5.02 Å². The average Bonchev–Trinajstić information content (AvgIpc) is 2.81. The molecule has 0 atom stereocenters. The molecule has 12 heavy (non-hydrogen) atoms. The van der Waals surface area contributed by atoms with E-state index in [2.05, 4.69) is 0 Å². The second kappa shape index (κ2) is 3.27. The minimum Gasteiger partial charge on any atom is -0.205 e. The molecule has 0 heterocycles. The fourth-order valence-corrected chi connectivity index (χ4v) is 2.26. The van der Waals surface area contributed by atoms with Crippen LogP contribution >= 0.6 is 23.4 Å². The van der Waals surface area contributed by atoms with Gasteiger partial charge in [0.1, 0.15) is 5.82 Å². The third-order valence-electron chi connectivity index (χ3n) is 1.72. The lowest BCUT2D eigenvalue weighted by atomic mass is 10.3. The zero-order chi connectivity index (χ0) is 8.55. The van der Waals surface area contributed by atoms with Gasteiger partial charge in [-0.25, -0.2) is 4.39 Å². The molecule has 0 bridgehead atoms. The summed E-state index contributed by atoms with van der Waals surface area (Å²) in [6, 6.07) is 4.90. The molecule has 0 amide bonds. The summed E-state index contributed by atoms with van der Waals surface area (Å²) in [4.78, 5) is 1.07. The van der Waals surface area contributed by atoms with Gasteiger partial charge in [0.15, 0.2) is 0 Å². The largest absolute Gasteiger partial charge is 0.205 e. The molecule has 3 heteroatoms. The van der Waals surface area contributed by atoms with Crippen LogP contribution in [-0.2, 0) is 0 Å². The fraction of sp³-hybridized carbons (Fsp3) is 0.333. The van der Waals surface area contributed by atoms with Crippen molar-refractivity contribution < 1.29 is 4.39 Å². The van der Waals surface area contributed by atoms with Crippen LogP contribution in [0.15, 0.2) is 23.1 Å². The Labute approximate surface area is 80.1 Å². The first-order chi connectivity index (χ1) is 5.75. The monoisotopic (exact) mass is 202 g/mol. The molecule has 0 N–H and O–H groups in total. The van der Waals surface area contributed by atoms with Crippen molar-refractivity contribution in [3.63, 3.8) is 0 Å². The average molecular weight is 203 g/mol. The highest BCUT2D eigenvalue weighted by molar-refractivity contribution is 8.00. The minimum absolute atomic E-state index is 0.223. The number of hydrogen-bond acceptors (Lipinski definition) is 1. The normalized spacial score (nSPS) is 16.5. The van der Waals surface area contributed by atoms with Crippen LogP contribution in [0.3, 0.4) is 0 Å². The Bertz CT molecular complexity index is 297. The first-order valence-electron chi connectivity index (χ1n) is 3.87. The third-order valence-corrected chi connectivity index (χ3v) is 3.34. The van der Waals surface area contributed by atoms with Crippen LogP contribution in [0.25, 0.3) is 0 Å². The Hall–Kier alpha value is -0.210. The van der Waals surface area contributed by atoms with Crippen LogP contribution in [0.1, 0.15) is 12.8 Å². The van der Waals surface area contributed by atoms with Crippen molar-refractivity contribution in [3.05, 3.63) is 29.0 Å². The molecule has 1 aliphatic carbocycles. The molecule has 0 aromatic heterocycles. The van der Waals surface area contributed by atoms with Gasteiger partial charge in [0, 0.05) is 10.1 Å². The Balaban J connectivity index is 2.15. The summed E-state index contributed by atoms with van der Waals surface area (Å²) in [6.45, 7) is 0. The van der Waals surface area contributed by atoms with Crippen LogP contribution in [0.5, 0.6) is 0 Å². The van der Waals surface area contributed by atoms with E-state index in [4.69, 9.17) is 11.6 Å². The van der Waals surface area contributed by atoms with Gasteiger partial charge >= 0.3 is 0 Å². The molecular formula is C9H8ClFS. The van der Waals surface area contributed by atoms with Gasteiger partial charge in [-0.1, -0.05) is 11.6 Å². The smallest absolute Gasteiger partial charge is 0.141 e. The van der Waals surface area contributed by atoms with Crippen LogP contribution in [0.4, 0.5) is 4.39 Å². The zero-order valence-corrected chi connectivity index (χ0v) is 7.96. The highest BCUT2D eigenvalue weighted by atomic mass is 35.5. The molecule has 2 rings (SSSR count). The molecule has 1 fully saturated rings. The molecule has 0 radical (unpaired) electrons. The van der Waals surface area contributed by atoms with Crippen LogP contribution < -0.4 is 0 Å². The van der Waals surface area contributed by atoms with Gasteiger partial charge in [-0.15, -0.1) is 11.8 Å². The SMILES string of the molecule is Fc1ccc(SC2CC2)cc1Cl. The molecule has 1 aliphatic rings. The van der Waals surface area contributed by atoms with E-state index in [1.54, 1.807) is 23.9 Å². The van der Waals surface area contributed by atoms with Crippen molar-refractivity contribution in [2.24, 2.45) is 0 Å². The lowest BCUT2D eigenvalue weighted by Crippen LogP contribution is -1.79. The number of thioether (sulfide) groups is 1. The second-order valence-corrected chi connectivity index (χ2v) is 4.67. The van der Waals surface area contributed by atoms with Crippen molar-refractivity contribution in [1.29, 1.82) is 0 Å². The summed E-state index contributed by atoms with van der Waals surface area (Å²) >= 11 is 7.41. The fourth-order valence-electron chi connectivity index (χ4n) is 0.929. The van der Waals surface area contributed by atoms with E-state index >= 15 is 0 Å². The standard InChI is InChI=1S/C9H8ClFS/c10-8-5-7(3-4-9(8)11)12-6-1-2-6/h3-6H,1-2H2. The van der Waals surface area contributed by atoms with Crippen molar-refractivity contribution in [1.82, 2.24) is 0 Å². The van der Waals surface area contributed by atoms with Gasteiger partial charge in [-0.3, -0.25) is 0 Å². The first-order valence-corrected chi connectivity index (χ1v) is 5.13. The van der Waals surface area contributed by atoms with Crippen LogP contribution in [0, 0.1) is 5.82 Å². The maximum atomic E-state index is 12.7. The number of rotatable bonds is 2. The Kier molecular flexibility index (Phi) is 2.28. The van der Waals surface area contributed by atoms with Crippen molar-refractivity contribution in [2.75, 3.05) is 0 Å². The molecule has 0 nitrogen and oxygen atoms in total. The van der Waals surface area contributed by atoms with E-state index in [1.807, 2.05) is 0 Å². The molecule has 0 spiro atoms. The Morgan fingerprint density at radius 3 is 2.75 bits per heavy atom. The minimum atomic E-state index is -0.336. The molecule has 1 aromatic carbocycles. The maximum absolute atomic E-state index is 12.7. The predicted octanol–water partition coefficient (Wildman–Crippen LogP) is 3.73. The third kappa shape index (κ3) is 1.93. The van der Waals surface area contributed by atoms with E-state index < -0.39 is 0 Å². The molecule has 1 aromatic rings.